The van der Waals surface area contributed by atoms with Crippen molar-refractivity contribution in [2.75, 3.05) is 13.1 Å². The molecule has 0 aliphatic heterocycles. The van der Waals surface area contributed by atoms with E-state index in [-0.39, 0.29) is 18.4 Å². The zero-order valence-electron chi connectivity index (χ0n) is 9.92. The first-order chi connectivity index (χ1) is 7.83. The fourth-order valence-electron chi connectivity index (χ4n) is 1.34. The molecule has 0 spiro atoms. The second kappa shape index (κ2) is 9.93. The summed E-state index contributed by atoms with van der Waals surface area (Å²) < 4.78 is 0. The maximum absolute atomic E-state index is 11.3. The van der Waals surface area contributed by atoms with Crippen LogP contribution in [-0.2, 0) is 6.54 Å². The second-order valence-corrected chi connectivity index (χ2v) is 3.66. The van der Waals surface area contributed by atoms with E-state index in [2.05, 4.69) is 16.4 Å². The lowest BCUT2D eigenvalue weighted by Gasteiger charge is -2.06. The maximum atomic E-state index is 11.3. The van der Waals surface area contributed by atoms with Gasteiger partial charge in [-0.05, 0) is 18.4 Å². The highest BCUT2D eigenvalue weighted by Crippen LogP contribution is 1.96. The van der Waals surface area contributed by atoms with Gasteiger partial charge in [0.15, 0.2) is 0 Å². The number of nitrogens with one attached hydrogen (secondary N) is 2. The van der Waals surface area contributed by atoms with Crippen LogP contribution in [-0.4, -0.2) is 19.1 Å². The number of hydrogen-bond acceptors (Lipinski definition) is 1. The van der Waals surface area contributed by atoms with Crippen molar-refractivity contribution in [3.8, 4) is 0 Å². The highest BCUT2D eigenvalue weighted by Gasteiger charge is 1.98. The molecule has 1 rings (SSSR count). The van der Waals surface area contributed by atoms with Crippen LogP contribution < -0.4 is 28.8 Å². The summed E-state index contributed by atoms with van der Waals surface area (Å²) in [6.45, 7) is 2.21. The third-order valence-electron chi connectivity index (χ3n) is 2.26. The van der Waals surface area contributed by atoms with Gasteiger partial charge in [-0.1, -0.05) is 30.3 Å². The monoisotopic (exact) mass is 257 g/mol. The normalized spacial score (nSPS) is 9.24. The minimum Gasteiger partial charge on any atom is -1.00 e. The molecule has 0 atom stereocenters. The molecular formula is C12H20ClN3O. The Hall–Kier alpha value is -1.26. The van der Waals surface area contributed by atoms with Crippen molar-refractivity contribution in [2.45, 2.75) is 19.4 Å². The molecule has 0 aromatic heterocycles. The van der Waals surface area contributed by atoms with Crippen LogP contribution in [0.3, 0.4) is 0 Å². The summed E-state index contributed by atoms with van der Waals surface area (Å²) in [5.41, 5.74) is 4.86. The molecule has 5 heteroatoms. The summed E-state index contributed by atoms with van der Waals surface area (Å²) in [4.78, 5) is 11.3. The lowest BCUT2D eigenvalue weighted by atomic mass is 10.2. The molecule has 0 radical (unpaired) electrons. The number of quaternary nitrogens is 1. The molecule has 2 amide bonds. The van der Waals surface area contributed by atoms with E-state index in [9.17, 15) is 4.79 Å². The number of carbonyl (C=O) groups is 1. The van der Waals surface area contributed by atoms with E-state index in [0.717, 1.165) is 31.5 Å². The highest BCUT2D eigenvalue weighted by atomic mass is 35.5. The molecule has 0 fully saturated rings. The summed E-state index contributed by atoms with van der Waals surface area (Å²) in [6.07, 6.45) is 2.04. The number of rotatable bonds is 6. The molecule has 17 heavy (non-hydrogen) atoms. The van der Waals surface area contributed by atoms with Crippen LogP contribution >= 0.6 is 0 Å². The van der Waals surface area contributed by atoms with Gasteiger partial charge in [-0.25, -0.2) is 4.79 Å². The molecule has 4 nitrogen and oxygen atoms in total. The van der Waals surface area contributed by atoms with Gasteiger partial charge in [0.2, 0.25) is 0 Å². The van der Waals surface area contributed by atoms with E-state index in [1.807, 2.05) is 30.3 Å². The van der Waals surface area contributed by atoms with E-state index in [1.54, 1.807) is 0 Å². The Kier molecular flexibility index (Phi) is 9.19. The summed E-state index contributed by atoms with van der Waals surface area (Å²) >= 11 is 0. The first-order valence-corrected chi connectivity index (χ1v) is 5.68. The molecule has 0 heterocycles. The number of amides is 2. The van der Waals surface area contributed by atoms with Crippen molar-refractivity contribution in [3.63, 3.8) is 0 Å². The predicted octanol–water partition coefficient (Wildman–Crippen LogP) is -2.49. The Bertz CT molecular complexity index is 306. The third-order valence-corrected chi connectivity index (χ3v) is 2.26. The average molecular weight is 258 g/mol. The van der Waals surface area contributed by atoms with Crippen LogP contribution in [0.25, 0.3) is 0 Å². The minimum atomic E-state index is -0.104. The first kappa shape index (κ1) is 15.7. The Morgan fingerprint density at radius 1 is 1.12 bits per heavy atom. The zero-order chi connectivity index (χ0) is 11.6. The smallest absolute Gasteiger partial charge is 0.315 e. The van der Waals surface area contributed by atoms with E-state index in [4.69, 9.17) is 0 Å². The lowest BCUT2D eigenvalue weighted by Crippen LogP contribution is -3.00. The van der Waals surface area contributed by atoms with Crippen molar-refractivity contribution >= 4 is 6.03 Å². The average Bonchev–Trinajstić information content (AvgIpc) is 2.33. The molecule has 96 valence electrons. The number of benzene rings is 1. The van der Waals surface area contributed by atoms with Crippen LogP contribution in [0.4, 0.5) is 4.79 Å². The Balaban J connectivity index is 0.00000256. The van der Waals surface area contributed by atoms with Crippen molar-refractivity contribution in [1.82, 2.24) is 10.6 Å². The van der Waals surface area contributed by atoms with Gasteiger partial charge >= 0.3 is 6.03 Å². The predicted molar refractivity (Wildman–Crippen MR) is 63.7 cm³/mol. The minimum absolute atomic E-state index is 0. The van der Waals surface area contributed by atoms with Crippen LogP contribution in [0.1, 0.15) is 18.4 Å². The van der Waals surface area contributed by atoms with Gasteiger partial charge in [0.25, 0.3) is 0 Å². The molecular weight excluding hydrogens is 238 g/mol. The van der Waals surface area contributed by atoms with E-state index < -0.39 is 0 Å². The van der Waals surface area contributed by atoms with Crippen molar-refractivity contribution in [3.05, 3.63) is 35.9 Å². The largest absolute Gasteiger partial charge is 1.00 e. The zero-order valence-corrected chi connectivity index (χ0v) is 10.7. The van der Waals surface area contributed by atoms with Crippen molar-refractivity contribution in [2.24, 2.45) is 0 Å². The van der Waals surface area contributed by atoms with Crippen LogP contribution in [0, 0.1) is 0 Å². The fourth-order valence-corrected chi connectivity index (χ4v) is 1.34. The standard InChI is InChI=1S/C12H19N3O.ClH/c13-8-4-5-9-14-12(16)15-10-11-6-2-1-3-7-11;/h1-3,6-7H,4-5,8-10,13H2,(H2,14,15,16);1H. The number of hydrogen-bond donors (Lipinski definition) is 3. The second-order valence-electron chi connectivity index (χ2n) is 3.66. The number of unbranched alkanes of at least 4 members (excludes halogenated alkanes) is 1. The third kappa shape index (κ3) is 7.60. The lowest BCUT2D eigenvalue weighted by molar-refractivity contribution is -0.368. The molecule has 1 aromatic rings. The van der Waals surface area contributed by atoms with Crippen LogP contribution in [0.5, 0.6) is 0 Å². The summed E-state index contributed by atoms with van der Waals surface area (Å²) in [5.74, 6) is 0. The number of urea groups is 1. The van der Waals surface area contributed by atoms with Gasteiger partial charge in [0, 0.05) is 13.1 Å². The molecule has 1 aromatic carbocycles. The van der Waals surface area contributed by atoms with Gasteiger partial charge in [0.1, 0.15) is 0 Å². The molecule has 0 saturated carbocycles. The molecule has 0 saturated heterocycles. The fraction of sp³-hybridized carbons (Fsp3) is 0.417. The van der Waals surface area contributed by atoms with Crippen LogP contribution in [0.15, 0.2) is 30.3 Å². The van der Waals surface area contributed by atoms with E-state index in [0.29, 0.717) is 6.54 Å². The number of halogens is 1. The quantitative estimate of drug-likeness (QED) is 0.485. The molecule has 5 N–H and O–H groups in total. The summed E-state index contributed by atoms with van der Waals surface area (Å²) in [6, 6.07) is 9.76. The van der Waals surface area contributed by atoms with Gasteiger partial charge < -0.3 is 28.8 Å². The molecule has 0 aliphatic carbocycles. The Morgan fingerprint density at radius 3 is 2.47 bits per heavy atom. The Labute approximate surface area is 108 Å². The van der Waals surface area contributed by atoms with Crippen molar-refractivity contribution in [1.29, 1.82) is 0 Å². The molecule has 0 aliphatic rings. The Morgan fingerprint density at radius 2 is 1.82 bits per heavy atom. The van der Waals surface area contributed by atoms with Gasteiger partial charge in [-0.15, -0.1) is 0 Å². The SMILES string of the molecule is [Cl-].[NH3+]CCCCNC(=O)NCc1ccccc1. The van der Waals surface area contributed by atoms with Crippen LogP contribution in [0.2, 0.25) is 0 Å². The van der Waals surface area contributed by atoms with Gasteiger partial charge in [0.05, 0.1) is 6.54 Å². The van der Waals surface area contributed by atoms with E-state index in [1.165, 1.54) is 0 Å². The maximum Gasteiger partial charge on any atom is 0.315 e. The highest BCUT2D eigenvalue weighted by molar-refractivity contribution is 5.73. The summed E-state index contributed by atoms with van der Waals surface area (Å²) in [5, 5.41) is 5.62. The summed E-state index contributed by atoms with van der Waals surface area (Å²) in [7, 11) is 0. The van der Waals surface area contributed by atoms with Gasteiger partial charge in [-0.2, -0.15) is 0 Å². The number of carbonyl (C=O) groups excluding carboxylic acids is 1. The topological polar surface area (TPSA) is 68.8 Å². The molecule has 0 unspecified atom stereocenters. The van der Waals surface area contributed by atoms with Crippen molar-refractivity contribution < 1.29 is 22.9 Å². The first-order valence-electron chi connectivity index (χ1n) is 5.68. The van der Waals surface area contributed by atoms with E-state index >= 15 is 0 Å². The van der Waals surface area contributed by atoms with Gasteiger partial charge in [-0.3, -0.25) is 0 Å². The molecule has 0 bridgehead atoms.